The van der Waals surface area contributed by atoms with Crippen LogP contribution in [-0.2, 0) is 12.8 Å². The SMILES string of the molecule is CNCCN1CCCc2c(Cc3ccccc3)cncc21. The molecule has 1 N–H and O–H groups in total. The van der Waals surface area contributed by atoms with Gasteiger partial charge in [0.15, 0.2) is 0 Å². The van der Waals surface area contributed by atoms with Crippen molar-refractivity contribution in [2.75, 3.05) is 31.6 Å². The highest BCUT2D eigenvalue weighted by Gasteiger charge is 2.19. The fraction of sp³-hybridized carbons (Fsp3) is 0.389. The molecule has 0 bridgehead atoms. The van der Waals surface area contributed by atoms with Crippen molar-refractivity contribution in [3.05, 3.63) is 59.4 Å². The number of aromatic nitrogens is 1. The van der Waals surface area contributed by atoms with Crippen LogP contribution in [0.3, 0.4) is 0 Å². The van der Waals surface area contributed by atoms with Gasteiger partial charge in [0.1, 0.15) is 0 Å². The van der Waals surface area contributed by atoms with Crippen LogP contribution in [0.1, 0.15) is 23.1 Å². The summed E-state index contributed by atoms with van der Waals surface area (Å²) in [5, 5.41) is 3.24. The Kier molecular flexibility index (Phi) is 4.51. The summed E-state index contributed by atoms with van der Waals surface area (Å²) in [5.74, 6) is 0. The van der Waals surface area contributed by atoms with Gasteiger partial charge in [-0.05, 0) is 43.0 Å². The van der Waals surface area contributed by atoms with Crippen LogP contribution < -0.4 is 10.2 Å². The van der Waals surface area contributed by atoms with E-state index in [0.29, 0.717) is 0 Å². The molecule has 0 unspecified atom stereocenters. The van der Waals surface area contributed by atoms with Gasteiger partial charge in [-0.25, -0.2) is 0 Å². The number of likely N-dealkylation sites (N-methyl/N-ethyl adjacent to an activating group) is 1. The molecule has 1 aromatic carbocycles. The number of rotatable bonds is 5. The number of nitrogens with zero attached hydrogens (tertiary/aromatic N) is 2. The Hall–Kier alpha value is -1.87. The molecule has 1 aromatic heterocycles. The van der Waals surface area contributed by atoms with Gasteiger partial charge in [-0.2, -0.15) is 0 Å². The summed E-state index contributed by atoms with van der Waals surface area (Å²) in [4.78, 5) is 6.96. The van der Waals surface area contributed by atoms with E-state index >= 15 is 0 Å². The minimum Gasteiger partial charge on any atom is -0.369 e. The Bertz CT molecular complexity index is 580. The highest BCUT2D eigenvalue weighted by Crippen LogP contribution is 2.29. The van der Waals surface area contributed by atoms with Gasteiger partial charge in [-0.1, -0.05) is 30.3 Å². The first-order valence-corrected chi connectivity index (χ1v) is 7.77. The molecule has 0 saturated carbocycles. The number of benzene rings is 1. The van der Waals surface area contributed by atoms with Crippen LogP contribution in [0.4, 0.5) is 5.69 Å². The Morgan fingerprint density at radius 1 is 1.19 bits per heavy atom. The maximum atomic E-state index is 4.49. The van der Waals surface area contributed by atoms with Crippen LogP contribution in [-0.4, -0.2) is 31.7 Å². The molecule has 2 aromatic rings. The molecular weight excluding hydrogens is 258 g/mol. The van der Waals surface area contributed by atoms with Gasteiger partial charge in [-0.15, -0.1) is 0 Å². The maximum absolute atomic E-state index is 4.49. The van der Waals surface area contributed by atoms with Gasteiger partial charge in [-0.3, -0.25) is 4.98 Å². The molecule has 3 nitrogen and oxygen atoms in total. The molecule has 0 spiro atoms. The summed E-state index contributed by atoms with van der Waals surface area (Å²) in [6, 6.07) is 10.7. The summed E-state index contributed by atoms with van der Waals surface area (Å²) in [6.07, 6.45) is 7.49. The second-order valence-corrected chi connectivity index (χ2v) is 5.65. The van der Waals surface area contributed by atoms with Gasteiger partial charge >= 0.3 is 0 Å². The standard InChI is InChI=1S/C18H23N3/c1-19-9-11-21-10-5-8-17-16(13-20-14-18(17)21)12-15-6-3-2-4-7-15/h2-4,6-7,13-14,19H,5,8-12H2,1H3. The molecule has 3 heteroatoms. The van der Waals surface area contributed by atoms with E-state index in [1.165, 1.54) is 35.2 Å². The smallest absolute Gasteiger partial charge is 0.0588 e. The van der Waals surface area contributed by atoms with Crippen LogP contribution in [0.2, 0.25) is 0 Å². The number of nitrogens with one attached hydrogen (secondary N) is 1. The van der Waals surface area contributed by atoms with E-state index in [-0.39, 0.29) is 0 Å². The van der Waals surface area contributed by atoms with Gasteiger partial charge in [0.25, 0.3) is 0 Å². The minimum absolute atomic E-state index is 0.983. The van der Waals surface area contributed by atoms with E-state index in [0.717, 1.165) is 26.1 Å². The number of hydrogen-bond acceptors (Lipinski definition) is 3. The van der Waals surface area contributed by atoms with Gasteiger partial charge < -0.3 is 10.2 Å². The van der Waals surface area contributed by atoms with Gasteiger partial charge in [0.05, 0.1) is 11.9 Å². The van der Waals surface area contributed by atoms with E-state index < -0.39 is 0 Å². The van der Waals surface area contributed by atoms with Crippen LogP contribution in [0.25, 0.3) is 0 Å². The van der Waals surface area contributed by atoms with Crippen molar-refractivity contribution < 1.29 is 0 Å². The zero-order valence-electron chi connectivity index (χ0n) is 12.7. The van der Waals surface area contributed by atoms with Crippen molar-refractivity contribution in [3.63, 3.8) is 0 Å². The Morgan fingerprint density at radius 3 is 2.86 bits per heavy atom. The third kappa shape index (κ3) is 3.24. The highest BCUT2D eigenvalue weighted by molar-refractivity contribution is 5.57. The zero-order valence-corrected chi connectivity index (χ0v) is 12.7. The van der Waals surface area contributed by atoms with E-state index in [2.05, 4.69) is 45.5 Å². The third-order valence-electron chi connectivity index (χ3n) is 4.19. The Morgan fingerprint density at radius 2 is 2.05 bits per heavy atom. The number of hydrogen-bond donors (Lipinski definition) is 1. The second-order valence-electron chi connectivity index (χ2n) is 5.65. The van der Waals surface area contributed by atoms with Gasteiger partial charge in [0, 0.05) is 25.8 Å². The predicted molar refractivity (Wildman–Crippen MR) is 87.9 cm³/mol. The lowest BCUT2D eigenvalue weighted by atomic mass is 9.94. The first-order chi connectivity index (χ1) is 10.4. The van der Waals surface area contributed by atoms with Gasteiger partial charge in [0.2, 0.25) is 0 Å². The fourth-order valence-electron chi connectivity index (χ4n) is 3.09. The van der Waals surface area contributed by atoms with Crippen LogP contribution in [0.15, 0.2) is 42.7 Å². The third-order valence-corrected chi connectivity index (χ3v) is 4.19. The van der Waals surface area contributed by atoms with Crippen molar-refractivity contribution in [1.82, 2.24) is 10.3 Å². The normalized spacial score (nSPS) is 14.0. The highest BCUT2D eigenvalue weighted by atomic mass is 15.2. The number of pyridine rings is 1. The van der Waals surface area contributed by atoms with E-state index in [1.807, 2.05) is 19.4 Å². The molecule has 21 heavy (non-hydrogen) atoms. The molecular formula is C18H23N3. The van der Waals surface area contributed by atoms with E-state index in [9.17, 15) is 0 Å². The summed E-state index contributed by atoms with van der Waals surface area (Å²) >= 11 is 0. The molecule has 110 valence electrons. The largest absolute Gasteiger partial charge is 0.369 e. The van der Waals surface area contributed by atoms with Crippen LogP contribution in [0.5, 0.6) is 0 Å². The molecule has 3 rings (SSSR count). The number of anilines is 1. The molecule has 1 aliphatic rings. The Balaban J connectivity index is 1.86. The van der Waals surface area contributed by atoms with Crippen molar-refractivity contribution in [3.8, 4) is 0 Å². The summed E-state index contributed by atoms with van der Waals surface area (Å²) < 4.78 is 0. The average Bonchev–Trinajstić information content (AvgIpc) is 2.54. The molecule has 2 heterocycles. The predicted octanol–water partition coefficient (Wildman–Crippen LogP) is 2.64. The Labute approximate surface area is 127 Å². The maximum Gasteiger partial charge on any atom is 0.0588 e. The molecule has 0 atom stereocenters. The van der Waals surface area contributed by atoms with Crippen molar-refractivity contribution in [1.29, 1.82) is 0 Å². The molecule has 0 radical (unpaired) electrons. The summed E-state index contributed by atoms with van der Waals surface area (Å²) in [5.41, 5.74) is 5.58. The molecule has 0 aliphatic carbocycles. The monoisotopic (exact) mass is 281 g/mol. The lowest BCUT2D eigenvalue weighted by Gasteiger charge is -2.32. The van der Waals surface area contributed by atoms with Crippen LogP contribution in [0, 0.1) is 0 Å². The van der Waals surface area contributed by atoms with E-state index in [1.54, 1.807) is 0 Å². The first-order valence-electron chi connectivity index (χ1n) is 7.77. The average molecular weight is 281 g/mol. The summed E-state index contributed by atoms with van der Waals surface area (Å²) in [6.45, 7) is 3.22. The quantitative estimate of drug-likeness (QED) is 0.913. The number of fused-ring (bicyclic) bond motifs is 1. The summed E-state index contributed by atoms with van der Waals surface area (Å²) in [7, 11) is 2.01. The zero-order chi connectivity index (χ0) is 14.5. The van der Waals surface area contributed by atoms with Crippen molar-refractivity contribution in [2.24, 2.45) is 0 Å². The van der Waals surface area contributed by atoms with Crippen molar-refractivity contribution in [2.45, 2.75) is 19.3 Å². The molecule has 0 fully saturated rings. The lowest BCUT2D eigenvalue weighted by molar-refractivity contribution is 0.659. The topological polar surface area (TPSA) is 28.2 Å². The molecule has 1 aliphatic heterocycles. The van der Waals surface area contributed by atoms with Crippen LogP contribution >= 0.6 is 0 Å². The fourth-order valence-corrected chi connectivity index (χ4v) is 3.09. The minimum atomic E-state index is 0.983. The van der Waals surface area contributed by atoms with Crippen molar-refractivity contribution >= 4 is 5.69 Å². The molecule has 0 amide bonds. The lowest BCUT2D eigenvalue weighted by Crippen LogP contribution is -2.35. The first kappa shape index (κ1) is 14.1. The molecule has 0 saturated heterocycles. The second kappa shape index (κ2) is 6.72. The van der Waals surface area contributed by atoms with E-state index in [4.69, 9.17) is 0 Å².